The highest BCUT2D eigenvalue weighted by atomic mass is 32.1. The molecule has 0 unspecified atom stereocenters. The molecule has 0 spiro atoms. The van der Waals surface area contributed by atoms with Gasteiger partial charge in [-0.2, -0.15) is 17.9 Å². The summed E-state index contributed by atoms with van der Waals surface area (Å²) in [5.74, 6) is 1.83. The van der Waals surface area contributed by atoms with Gasteiger partial charge in [0.15, 0.2) is 11.5 Å². The second kappa shape index (κ2) is 13.0. The molecule has 9 nitrogen and oxygen atoms in total. The molecule has 0 fully saturated rings. The average molecular weight is 461 g/mol. The first-order valence-electron chi connectivity index (χ1n) is 9.27. The molecular weight excluding hydrogens is 432 g/mol. The van der Waals surface area contributed by atoms with E-state index in [0.717, 1.165) is 5.56 Å². The molecule has 2 aromatic rings. The molecule has 0 aliphatic carbocycles. The van der Waals surface area contributed by atoms with Crippen LogP contribution in [0.3, 0.4) is 0 Å². The van der Waals surface area contributed by atoms with Crippen molar-refractivity contribution in [1.82, 2.24) is 0 Å². The Labute approximate surface area is 193 Å². The standard InChI is InChI=1S/C19H20N2O4.C3H8N2OS/c1-22-16-6-5-12(8-15(16)21)7-14(11-20)13-9-17(23-2)19(25-4)18(10-13)24-3;4-2(1-7)3(5)6/h5-10H,21H2,1-4H3;2,7H,1,4H2,(H2,5,6)/b14-7-;/t;2-/m.1/s1. The summed E-state index contributed by atoms with van der Waals surface area (Å²) in [4.78, 5) is 9.98. The molecule has 2 aromatic carbocycles. The minimum Gasteiger partial charge on any atom is -0.495 e. The number of hydrogen-bond donors (Lipinski definition) is 4. The van der Waals surface area contributed by atoms with Crippen molar-refractivity contribution in [2.24, 2.45) is 11.5 Å². The fourth-order valence-corrected chi connectivity index (χ4v) is 2.70. The zero-order valence-electron chi connectivity index (χ0n) is 18.4. The highest BCUT2D eigenvalue weighted by Gasteiger charge is 2.15. The van der Waals surface area contributed by atoms with Crippen LogP contribution in [-0.2, 0) is 4.79 Å². The normalized spacial score (nSPS) is 11.3. The summed E-state index contributed by atoms with van der Waals surface area (Å²) in [6.45, 7) is 0. The van der Waals surface area contributed by atoms with E-state index in [1.165, 1.54) is 21.3 Å². The smallest absolute Gasteiger partial charge is 0.235 e. The molecule has 0 heterocycles. The van der Waals surface area contributed by atoms with E-state index >= 15 is 0 Å². The zero-order chi connectivity index (χ0) is 24.3. The SMILES string of the molecule is COc1ccc(/C=C(/C#N)c2cc(OC)c(OC)c(OC)c2)cc1N.NC(=O)[C@H](N)CS. The number of nitrogen functional groups attached to an aromatic ring is 1. The Hall–Kier alpha value is -3.55. The van der Waals surface area contributed by atoms with E-state index in [4.69, 9.17) is 36.1 Å². The minimum absolute atomic E-state index is 0.315. The van der Waals surface area contributed by atoms with Crippen LogP contribution in [0.15, 0.2) is 30.3 Å². The summed E-state index contributed by atoms with van der Waals surface area (Å²) in [6.07, 6.45) is 1.73. The fraction of sp³-hybridized carbons (Fsp3) is 0.273. The zero-order valence-corrected chi connectivity index (χ0v) is 19.3. The molecule has 0 aromatic heterocycles. The van der Waals surface area contributed by atoms with E-state index < -0.39 is 11.9 Å². The van der Waals surface area contributed by atoms with Gasteiger partial charge in [-0.3, -0.25) is 4.79 Å². The molecule has 1 amide bonds. The summed E-state index contributed by atoms with van der Waals surface area (Å²) in [5, 5.41) is 9.58. The van der Waals surface area contributed by atoms with Gasteiger partial charge >= 0.3 is 0 Å². The Kier molecular flexibility index (Phi) is 10.8. The average Bonchev–Trinajstić information content (AvgIpc) is 2.81. The third kappa shape index (κ3) is 7.01. The molecule has 10 heteroatoms. The largest absolute Gasteiger partial charge is 0.495 e. The number of ether oxygens (including phenoxy) is 4. The van der Waals surface area contributed by atoms with Gasteiger partial charge in [-0.05, 0) is 41.5 Å². The first-order valence-corrected chi connectivity index (χ1v) is 9.90. The van der Waals surface area contributed by atoms with Gasteiger partial charge in [0.25, 0.3) is 0 Å². The maximum Gasteiger partial charge on any atom is 0.235 e. The van der Waals surface area contributed by atoms with E-state index in [0.29, 0.717) is 45.6 Å². The molecule has 32 heavy (non-hydrogen) atoms. The first kappa shape index (κ1) is 26.5. The lowest BCUT2D eigenvalue weighted by atomic mass is 10.0. The number of amides is 1. The van der Waals surface area contributed by atoms with Gasteiger partial charge in [-0.15, -0.1) is 0 Å². The Bertz CT molecular complexity index is 979. The predicted molar refractivity (Wildman–Crippen MR) is 128 cm³/mol. The third-order valence-corrected chi connectivity index (χ3v) is 4.62. The highest BCUT2D eigenvalue weighted by molar-refractivity contribution is 7.80. The number of carbonyl (C=O) groups is 1. The van der Waals surface area contributed by atoms with Gasteiger partial charge in [0, 0.05) is 5.75 Å². The molecule has 0 saturated carbocycles. The van der Waals surface area contributed by atoms with Crippen molar-refractivity contribution in [2.45, 2.75) is 6.04 Å². The maximum absolute atomic E-state index is 9.98. The van der Waals surface area contributed by atoms with Crippen molar-refractivity contribution in [1.29, 1.82) is 5.26 Å². The second-order valence-corrected chi connectivity index (χ2v) is 6.64. The molecular formula is C22H28N4O5S. The number of benzene rings is 2. The third-order valence-electron chi connectivity index (χ3n) is 4.22. The fourth-order valence-electron chi connectivity index (χ4n) is 2.52. The number of primary amides is 1. The minimum atomic E-state index is -0.594. The quantitative estimate of drug-likeness (QED) is 0.202. The van der Waals surface area contributed by atoms with Crippen LogP contribution in [0.25, 0.3) is 11.6 Å². The number of carbonyl (C=O) groups excluding carboxylic acids is 1. The number of methoxy groups -OCH3 is 4. The maximum atomic E-state index is 9.98. The van der Waals surface area contributed by atoms with E-state index in [9.17, 15) is 10.1 Å². The van der Waals surface area contributed by atoms with Crippen LogP contribution in [0.5, 0.6) is 23.0 Å². The monoisotopic (exact) mass is 460 g/mol. The number of anilines is 1. The molecule has 2 rings (SSSR count). The number of nitrogens with zero attached hydrogens (tertiary/aromatic N) is 1. The van der Waals surface area contributed by atoms with Gasteiger partial charge in [0.2, 0.25) is 11.7 Å². The summed E-state index contributed by atoms with van der Waals surface area (Å²) in [5.41, 5.74) is 18.1. The second-order valence-electron chi connectivity index (χ2n) is 6.28. The lowest BCUT2D eigenvalue weighted by Gasteiger charge is -2.14. The summed E-state index contributed by atoms with van der Waals surface area (Å²) in [7, 11) is 6.14. The van der Waals surface area contributed by atoms with Crippen molar-refractivity contribution in [3.05, 3.63) is 41.5 Å². The van der Waals surface area contributed by atoms with E-state index in [2.05, 4.69) is 18.7 Å². The first-order chi connectivity index (χ1) is 15.3. The van der Waals surface area contributed by atoms with Gasteiger partial charge in [-0.1, -0.05) is 6.07 Å². The van der Waals surface area contributed by atoms with Gasteiger partial charge in [0.1, 0.15) is 5.75 Å². The molecule has 6 N–H and O–H groups in total. The number of hydrogen-bond acceptors (Lipinski definition) is 9. The van der Waals surface area contributed by atoms with Crippen molar-refractivity contribution in [3.8, 4) is 29.1 Å². The highest BCUT2D eigenvalue weighted by Crippen LogP contribution is 2.40. The molecule has 0 aliphatic heterocycles. The van der Waals surface area contributed by atoms with Crippen LogP contribution in [0.2, 0.25) is 0 Å². The van der Waals surface area contributed by atoms with Crippen molar-refractivity contribution >= 4 is 35.9 Å². The molecule has 0 radical (unpaired) electrons. The summed E-state index contributed by atoms with van der Waals surface area (Å²) < 4.78 is 21.1. The summed E-state index contributed by atoms with van der Waals surface area (Å²) in [6, 6.07) is 10.4. The van der Waals surface area contributed by atoms with Gasteiger partial charge in [0.05, 0.1) is 51.8 Å². The van der Waals surface area contributed by atoms with Crippen LogP contribution in [0.4, 0.5) is 5.69 Å². The van der Waals surface area contributed by atoms with Crippen molar-refractivity contribution in [2.75, 3.05) is 39.9 Å². The van der Waals surface area contributed by atoms with Crippen LogP contribution in [-0.4, -0.2) is 46.1 Å². The number of allylic oxidation sites excluding steroid dienone is 1. The Balaban J connectivity index is 0.000000633. The topological polar surface area (TPSA) is 156 Å². The van der Waals surface area contributed by atoms with Crippen LogP contribution in [0, 0.1) is 11.3 Å². The van der Waals surface area contributed by atoms with Crippen LogP contribution >= 0.6 is 12.6 Å². The molecule has 172 valence electrons. The summed E-state index contributed by atoms with van der Waals surface area (Å²) >= 11 is 3.73. The lowest BCUT2D eigenvalue weighted by molar-refractivity contribution is -0.118. The van der Waals surface area contributed by atoms with E-state index in [1.54, 1.807) is 37.5 Å². The number of thiol groups is 1. The number of nitrogens with two attached hydrogens (primary N) is 3. The Morgan fingerprint density at radius 2 is 1.62 bits per heavy atom. The molecule has 0 aliphatic rings. The van der Waals surface area contributed by atoms with E-state index in [-0.39, 0.29) is 0 Å². The number of nitriles is 1. The van der Waals surface area contributed by atoms with Crippen LogP contribution in [0.1, 0.15) is 11.1 Å². The van der Waals surface area contributed by atoms with Crippen molar-refractivity contribution < 1.29 is 23.7 Å². The Morgan fingerprint density at radius 3 is 1.97 bits per heavy atom. The Morgan fingerprint density at radius 1 is 1.06 bits per heavy atom. The number of rotatable bonds is 8. The molecule has 0 saturated heterocycles. The van der Waals surface area contributed by atoms with Gasteiger partial charge in [-0.25, -0.2) is 0 Å². The molecule has 1 atom stereocenters. The van der Waals surface area contributed by atoms with Crippen molar-refractivity contribution in [3.63, 3.8) is 0 Å². The molecule has 0 bridgehead atoms. The van der Waals surface area contributed by atoms with Crippen LogP contribution < -0.4 is 36.1 Å². The lowest BCUT2D eigenvalue weighted by Crippen LogP contribution is -2.37. The van der Waals surface area contributed by atoms with E-state index in [1.807, 2.05) is 6.07 Å². The van der Waals surface area contributed by atoms with Gasteiger partial charge < -0.3 is 36.1 Å². The predicted octanol–water partition coefficient (Wildman–Crippen LogP) is 2.10.